The number of carboxylic acids is 1. The van der Waals surface area contributed by atoms with Crippen LogP contribution in [0.3, 0.4) is 0 Å². The van der Waals surface area contributed by atoms with E-state index in [2.05, 4.69) is 0 Å². The van der Waals surface area contributed by atoms with Crippen LogP contribution < -0.4 is 4.90 Å². The third-order valence-corrected chi connectivity index (χ3v) is 4.27. The summed E-state index contributed by atoms with van der Waals surface area (Å²) in [6.07, 6.45) is -1.15. The van der Waals surface area contributed by atoms with Crippen molar-refractivity contribution in [1.82, 2.24) is 0 Å². The lowest BCUT2D eigenvalue weighted by Gasteiger charge is -2.38. The number of rotatable bonds is 5. The number of carbonyl (C=O) groups is 1. The Morgan fingerprint density at radius 1 is 1.15 bits per heavy atom. The Kier molecular flexibility index (Phi) is 5.09. The van der Waals surface area contributed by atoms with Crippen LogP contribution in [0.2, 0.25) is 0 Å². The number of hydrogen-bond acceptors (Lipinski definition) is 4. The Morgan fingerprint density at radius 2 is 1.85 bits per heavy atom. The summed E-state index contributed by atoms with van der Waals surface area (Å²) in [7, 11) is 2.52. The maximum Gasteiger partial charge on any atom is 0.340 e. The zero-order chi connectivity index (χ0) is 19.7. The van der Waals surface area contributed by atoms with E-state index >= 15 is 0 Å². The van der Waals surface area contributed by atoms with Crippen LogP contribution in [0.1, 0.15) is 11.1 Å². The molecule has 0 spiro atoms. The van der Waals surface area contributed by atoms with Crippen LogP contribution in [0, 0.1) is 17.5 Å². The van der Waals surface area contributed by atoms with Crippen molar-refractivity contribution in [3.05, 3.63) is 70.5 Å². The predicted octanol–water partition coefficient (Wildman–Crippen LogP) is 3.54. The largest absolute Gasteiger partial charge is 0.495 e. The summed E-state index contributed by atoms with van der Waals surface area (Å²) in [6, 6.07) is 7.47. The Hall–Kier alpha value is -3.00. The Balaban J connectivity index is 2.22. The van der Waals surface area contributed by atoms with Gasteiger partial charge in [-0.1, -0.05) is 12.1 Å². The molecule has 0 bridgehead atoms. The molecular weight excluding hydrogens is 363 g/mol. The van der Waals surface area contributed by atoms with Gasteiger partial charge in [0.25, 0.3) is 0 Å². The number of carboxylic acid groups (broad SMARTS) is 1. The van der Waals surface area contributed by atoms with Crippen LogP contribution in [0.25, 0.3) is 5.76 Å². The molecular formula is C19H16F3NO4. The molecule has 0 aromatic heterocycles. The molecule has 5 nitrogen and oxygen atoms in total. The number of benzene rings is 2. The molecule has 27 heavy (non-hydrogen) atoms. The first kappa shape index (κ1) is 18.8. The lowest BCUT2D eigenvalue weighted by atomic mass is 9.97. The number of aliphatic carboxylic acids is 1. The number of halogens is 3. The van der Waals surface area contributed by atoms with E-state index in [9.17, 15) is 23.1 Å². The number of fused-ring (bicyclic) bond motifs is 1. The van der Waals surface area contributed by atoms with Crippen LogP contribution in [-0.4, -0.2) is 31.5 Å². The second-order valence-electron chi connectivity index (χ2n) is 5.88. The van der Waals surface area contributed by atoms with E-state index in [1.54, 1.807) is 6.07 Å². The summed E-state index contributed by atoms with van der Waals surface area (Å²) in [5.41, 5.74) is 0.471. The van der Waals surface area contributed by atoms with Crippen molar-refractivity contribution in [2.75, 3.05) is 19.1 Å². The van der Waals surface area contributed by atoms with Crippen molar-refractivity contribution in [3.63, 3.8) is 0 Å². The van der Waals surface area contributed by atoms with E-state index in [-0.39, 0.29) is 29.1 Å². The van der Waals surface area contributed by atoms with E-state index < -0.39 is 29.6 Å². The molecule has 142 valence electrons. The Bertz CT molecular complexity index is 929. The minimum Gasteiger partial charge on any atom is -0.495 e. The summed E-state index contributed by atoms with van der Waals surface area (Å²) in [4.78, 5) is 13.2. The number of anilines is 1. The van der Waals surface area contributed by atoms with Crippen LogP contribution in [0.5, 0.6) is 0 Å². The van der Waals surface area contributed by atoms with Gasteiger partial charge >= 0.3 is 5.97 Å². The standard InChI is InChI=1S/C19H16F3NO4/c1-26-17-12-7-13(21)14(22)8-15(12)23(18(27-2)16(17)19(24)25)9-10-4-3-5-11(20)6-10/h3-8,18H,9H2,1-2H3,(H,24,25). The molecule has 0 aliphatic carbocycles. The highest BCUT2D eigenvalue weighted by atomic mass is 19.2. The molecule has 0 radical (unpaired) electrons. The van der Waals surface area contributed by atoms with Crippen molar-refractivity contribution >= 4 is 17.4 Å². The molecule has 1 heterocycles. The molecule has 1 aliphatic heterocycles. The second-order valence-corrected chi connectivity index (χ2v) is 5.88. The monoisotopic (exact) mass is 379 g/mol. The van der Waals surface area contributed by atoms with E-state index in [0.717, 1.165) is 12.1 Å². The zero-order valence-electron chi connectivity index (χ0n) is 14.5. The Morgan fingerprint density at radius 3 is 2.44 bits per heavy atom. The minimum absolute atomic E-state index is 0.00210. The van der Waals surface area contributed by atoms with Gasteiger partial charge in [-0.2, -0.15) is 0 Å². The van der Waals surface area contributed by atoms with E-state index in [1.165, 1.54) is 37.3 Å². The van der Waals surface area contributed by atoms with Gasteiger partial charge in [0.15, 0.2) is 17.9 Å². The summed E-state index contributed by atoms with van der Waals surface area (Å²) in [5.74, 6) is -4.19. The lowest BCUT2D eigenvalue weighted by Crippen LogP contribution is -2.43. The topological polar surface area (TPSA) is 59.0 Å². The minimum atomic E-state index is -1.33. The van der Waals surface area contributed by atoms with Crippen LogP contribution in [0.4, 0.5) is 18.9 Å². The van der Waals surface area contributed by atoms with Gasteiger partial charge in [0.2, 0.25) is 0 Å². The maximum absolute atomic E-state index is 13.9. The van der Waals surface area contributed by atoms with Crippen molar-refractivity contribution in [2.45, 2.75) is 12.8 Å². The predicted molar refractivity (Wildman–Crippen MR) is 91.3 cm³/mol. The third-order valence-electron chi connectivity index (χ3n) is 4.27. The summed E-state index contributed by atoms with van der Waals surface area (Å²) >= 11 is 0. The fourth-order valence-electron chi connectivity index (χ4n) is 3.16. The molecule has 8 heteroatoms. The van der Waals surface area contributed by atoms with Crippen LogP contribution in [-0.2, 0) is 20.8 Å². The average molecular weight is 379 g/mol. The normalized spacial score (nSPS) is 16.3. The quantitative estimate of drug-likeness (QED) is 0.861. The smallest absolute Gasteiger partial charge is 0.340 e. The van der Waals surface area contributed by atoms with Crippen molar-refractivity contribution in [2.24, 2.45) is 0 Å². The summed E-state index contributed by atoms with van der Waals surface area (Å²) < 4.78 is 51.8. The molecule has 1 unspecified atom stereocenters. The van der Waals surface area contributed by atoms with Crippen molar-refractivity contribution in [1.29, 1.82) is 0 Å². The van der Waals surface area contributed by atoms with Crippen molar-refractivity contribution < 1.29 is 32.5 Å². The summed E-state index contributed by atoms with van der Waals surface area (Å²) in [5, 5.41) is 9.65. The van der Waals surface area contributed by atoms with Gasteiger partial charge in [-0.25, -0.2) is 18.0 Å². The van der Waals surface area contributed by atoms with Crippen LogP contribution in [0.15, 0.2) is 42.0 Å². The van der Waals surface area contributed by atoms with Gasteiger partial charge in [0.1, 0.15) is 17.1 Å². The number of hydrogen-bond donors (Lipinski definition) is 1. The fraction of sp³-hybridized carbons (Fsp3) is 0.211. The Labute approximate surface area is 153 Å². The number of ether oxygens (including phenoxy) is 2. The molecule has 1 N–H and O–H groups in total. The lowest BCUT2D eigenvalue weighted by molar-refractivity contribution is -0.134. The van der Waals surface area contributed by atoms with Gasteiger partial charge < -0.3 is 19.5 Å². The average Bonchev–Trinajstić information content (AvgIpc) is 2.62. The molecule has 0 saturated heterocycles. The zero-order valence-corrected chi connectivity index (χ0v) is 14.5. The highest BCUT2D eigenvalue weighted by Gasteiger charge is 2.39. The number of methoxy groups -OCH3 is 2. The molecule has 2 aromatic carbocycles. The summed E-state index contributed by atoms with van der Waals surface area (Å²) in [6.45, 7) is 0.00210. The van der Waals surface area contributed by atoms with Gasteiger partial charge in [0.05, 0.1) is 12.8 Å². The molecule has 0 amide bonds. The van der Waals surface area contributed by atoms with E-state index in [1.807, 2.05) is 0 Å². The second kappa shape index (κ2) is 7.32. The highest BCUT2D eigenvalue weighted by molar-refractivity contribution is 6.00. The van der Waals surface area contributed by atoms with E-state index in [4.69, 9.17) is 9.47 Å². The van der Waals surface area contributed by atoms with Gasteiger partial charge in [-0.05, 0) is 23.8 Å². The number of nitrogens with zero attached hydrogens (tertiary/aromatic N) is 1. The fourth-order valence-corrected chi connectivity index (χ4v) is 3.16. The maximum atomic E-state index is 13.9. The van der Waals surface area contributed by atoms with E-state index in [0.29, 0.717) is 5.56 Å². The van der Waals surface area contributed by atoms with Crippen LogP contribution >= 0.6 is 0 Å². The first-order chi connectivity index (χ1) is 12.9. The molecule has 0 fully saturated rings. The highest BCUT2D eigenvalue weighted by Crippen LogP contribution is 2.41. The molecule has 1 aliphatic rings. The molecule has 3 rings (SSSR count). The third kappa shape index (κ3) is 3.35. The molecule has 2 aromatic rings. The van der Waals surface area contributed by atoms with Gasteiger partial charge in [-0.15, -0.1) is 0 Å². The van der Waals surface area contributed by atoms with Gasteiger partial charge in [0, 0.05) is 25.3 Å². The molecule has 1 atom stereocenters. The van der Waals surface area contributed by atoms with Crippen molar-refractivity contribution in [3.8, 4) is 0 Å². The molecule has 0 saturated carbocycles. The first-order valence-corrected chi connectivity index (χ1v) is 7.92. The SMILES string of the molecule is COC1=C(C(=O)O)C(OC)N(Cc2cccc(F)c2)c2cc(F)c(F)cc21. The van der Waals surface area contributed by atoms with Gasteiger partial charge in [-0.3, -0.25) is 0 Å². The first-order valence-electron chi connectivity index (χ1n) is 7.92.